The van der Waals surface area contributed by atoms with E-state index in [9.17, 15) is 18.8 Å². The number of nitriles is 1. The lowest BCUT2D eigenvalue weighted by molar-refractivity contribution is -0.117. The van der Waals surface area contributed by atoms with Crippen molar-refractivity contribution in [2.45, 2.75) is 33.1 Å². The Hall–Kier alpha value is -3.29. The van der Waals surface area contributed by atoms with Crippen LogP contribution in [-0.4, -0.2) is 31.2 Å². The fourth-order valence-electron chi connectivity index (χ4n) is 3.50. The lowest BCUT2D eigenvalue weighted by Crippen LogP contribution is -2.30. The van der Waals surface area contributed by atoms with Gasteiger partial charge < -0.3 is 14.9 Å². The summed E-state index contributed by atoms with van der Waals surface area (Å²) in [7, 11) is 0. The standard InChI is InChI=1S/C23H24FN5O3S/c1-23(2,13-25)8-10-29(33(31)32)19-6-5-15(11-18(19)24)17-12-20(28-22(30)14-3-4-14)27-21-16(17)7-9-26-21/h5-7,9,11-12,14H,3-4,8,10H2,1-2H3,(H,31,32)(H2,26,27,28,30)/p-1. The molecule has 1 aromatic carbocycles. The van der Waals surface area contributed by atoms with Crippen molar-refractivity contribution in [1.29, 1.82) is 5.26 Å². The SMILES string of the molecule is CC(C)(C#N)CCN(c1ccc(-c2cc(NC(=O)C3CC3)nc3[nH]ccc23)cc1F)S(=O)[O-]. The normalized spacial score (nSPS) is 14.6. The fraction of sp³-hybridized carbons (Fsp3) is 0.348. The van der Waals surface area contributed by atoms with E-state index in [0.717, 1.165) is 22.5 Å². The van der Waals surface area contributed by atoms with E-state index in [1.807, 2.05) is 0 Å². The molecule has 3 aromatic rings. The molecule has 1 saturated carbocycles. The van der Waals surface area contributed by atoms with Crippen LogP contribution in [0.2, 0.25) is 0 Å². The van der Waals surface area contributed by atoms with Gasteiger partial charge in [0.2, 0.25) is 5.91 Å². The van der Waals surface area contributed by atoms with Gasteiger partial charge in [0.25, 0.3) is 0 Å². The van der Waals surface area contributed by atoms with E-state index in [1.165, 1.54) is 12.1 Å². The monoisotopic (exact) mass is 468 g/mol. The molecule has 8 nitrogen and oxygen atoms in total. The Morgan fingerprint density at radius 1 is 1.39 bits per heavy atom. The van der Waals surface area contributed by atoms with E-state index in [0.29, 0.717) is 22.6 Å². The smallest absolute Gasteiger partial charge is 0.228 e. The number of hydrogen-bond acceptors (Lipinski definition) is 5. The third kappa shape index (κ3) is 5.05. The van der Waals surface area contributed by atoms with E-state index in [2.05, 4.69) is 21.4 Å². The number of pyridine rings is 1. The molecule has 0 aliphatic heterocycles. The Morgan fingerprint density at radius 3 is 2.79 bits per heavy atom. The molecule has 33 heavy (non-hydrogen) atoms. The van der Waals surface area contributed by atoms with Crippen LogP contribution in [0.1, 0.15) is 33.1 Å². The Kier molecular flexibility index (Phi) is 6.19. The third-order valence-electron chi connectivity index (χ3n) is 5.68. The van der Waals surface area contributed by atoms with Crippen LogP contribution >= 0.6 is 0 Å². The first kappa shape index (κ1) is 22.9. The molecule has 172 valence electrons. The van der Waals surface area contributed by atoms with Gasteiger partial charge in [0, 0.05) is 35.3 Å². The maximum absolute atomic E-state index is 15.1. The minimum Gasteiger partial charge on any atom is -0.755 e. The third-order valence-corrected chi connectivity index (χ3v) is 6.42. The summed E-state index contributed by atoms with van der Waals surface area (Å²) in [4.78, 5) is 19.6. The van der Waals surface area contributed by atoms with Crippen molar-refractivity contribution in [2.75, 3.05) is 16.2 Å². The summed E-state index contributed by atoms with van der Waals surface area (Å²) < 4.78 is 39.6. The first-order valence-electron chi connectivity index (χ1n) is 10.6. The van der Waals surface area contributed by atoms with Gasteiger partial charge in [0.05, 0.1) is 17.2 Å². The molecule has 2 N–H and O–H groups in total. The molecule has 0 radical (unpaired) electrons. The van der Waals surface area contributed by atoms with Gasteiger partial charge in [-0.1, -0.05) is 6.07 Å². The molecule has 0 saturated heterocycles. The first-order chi connectivity index (χ1) is 15.7. The summed E-state index contributed by atoms with van der Waals surface area (Å²) in [6.45, 7) is 3.37. The van der Waals surface area contributed by atoms with Gasteiger partial charge in [-0.25, -0.2) is 9.37 Å². The van der Waals surface area contributed by atoms with Crippen molar-refractivity contribution >= 4 is 39.7 Å². The van der Waals surface area contributed by atoms with E-state index >= 15 is 4.39 Å². The van der Waals surface area contributed by atoms with Crippen molar-refractivity contribution < 1.29 is 17.9 Å². The van der Waals surface area contributed by atoms with Crippen molar-refractivity contribution in [2.24, 2.45) is 11.3 Å². The first-order valence-corrected chi connectivity index (χ1v) is 11.6. The van der Waals surface area contributed by atoms with Gasteiger partial charge in [0.15, 0.2) is 0 Å². The lowest BCUT2D eigenvalue weighted by Gasteiger charge is -2.29. The number of anilines is 2. The highest BCUT2D eigenvalue weighted by Crippen LogP contribution is 2.35. The molecule has 1 fully saturated rings. The molecule has 1 amide bonds. The Bertz CT molecular complexity index is 1280. The van der Waals surface area contributed by atoms with E-state index in [4.69, 9.17) is 0 Å². The van der Waals surface area contributed by atoms with Crippen LogP contribution < -0.4 is 9.62 Å². The van der Waals surface area contributed by atoms with Crippen LogP contribution in [0.4, 0.5) is 15.9 Å². The number of fused-ring (bicyclic) bond motifs is 1. The molecule has 1 aliphatic carbocycles. The minimum absolute atomic E-state index is 0.0104. The minimum atomic E-state index is -2.71. The zero-order valence-corrected chi connectivity index (χ0v) is 19.0. The number of carbonyl (C=O) groups excluding carboxylic acids is 1. The summed E-state index contributed by atoms with van der Waals surface area (Å²) in [6, 6.07) is 9.90. The number of amides is 1. The zero-order chi connectivity index (χ0) is 23.8. The number of aromatic amines is 1. The number of nitrogens with zero attached hydrogens (tertiary/aromatic N) is 3. The van der Waals surface area contributed by atoms with Crippen LogP contribution in [-0.2, 0) is 16.1 Å². The highest BCUT2D eigenvalue weighted by Gasteiger charge is 2.30. The average Bonchev–Trinajstić information content (AvgIpc) is 3.52. The predicted molar refractivity (Wildman–Crippen MR) is 123 cm³/mol. The molecule has 1 unspecified atom stereocenters. The van der Waals surface area contributed by atoms with Crippen LogP contribution in [0.25, 0.3) is 22.2 Å². The van der Waals surface area contributed by atoms with Crippen LogP contribution in [0.5, 0.6) is 0 Å². The van der Waals surface area contributed by atoms with E-state index < -0.39 is 22.5 Å². The number of benzene rings is 1. The number of carbonyl (C=O) groups is 1. The van der Waals surface area contributed by atoms with Crippen LogP contribution in [0.3, 0.4) is 0 Å². The van der Waals surface area contributed by atoms with Crippen molar-refractivity contribution in [3.63, 3.8) is 0 Å². The molecule has 2 aromatic heterocycles. The van der Waals surface area contributed by atoms with Gasteiger partial charge >= 0.3 is 0 Å². The second kappa shape index (κ2) is 8.92. The molecular formula is C23H23FN5O3S-. The second-order valence-electron chi connectivity index (χ2n) is 8.79. The number of nitrogens with one attached hydrogen (secondary N) is 2. The molecule has 2 heterocycles. The Labute approximate surface area is 193 Å². The van der Waals surface area contributed by atoms with Gasteiger partial charge in [-0.3, -0.25) is 13.3 Å². The molecule has 4 rings (SSSR count). The number of H-pyrrole nitrogens is 1. The highest BCUT2D eigenvalue weighted by molar-refractivity contribution is 7.80. The Balaban J connectivity index is 1.67. The molecule has 10 heteroatoms. The topological polar surface area (TPSA) is 125 Å². The van der Waals surface area contributed by atoms with Gasteiger partial charge in [-0.15, -0.1) is 0 Å². The summed E-state index contributed by atoms with van der Waals surface area (Å²) in [5, 5.41) is 12.7. The molecule has 0 spiro atoms. The fourth-order valence-corrected chi connectivity index (χ4v) is 4.05. The molecule has 1 atom stereocenters. The van der Waals surface area contributed by atoms with Crippen molar-refractivity contribution in [3.05, 3.63) is 42.3 Å². The van der Waals surface area contributed by atoms with Crippen LogP contribution in [0.15, 0.2) is 36.5 Å². The summed E-state index contributed by atoms with van der Waals surface area (Å²) in [5.41, 5.74) is 0.871. The van der Waals surface area contributed by atoms with Gasteiger partial charge in [-0.05, 0) is 68.5 Å². The van der Waals surface area contributed by atoms with E-state index in [-0.39, 0.29) is 30.5 Å². The molecule has 0 bridgehead atoms. The summed E-state index contributed by atoms with van der Waals surface area (Å²) >= 11 is -2.71. The highest BCUT2D eigenvalue weighted by atomic mass is 32.2. The van der Waals surface area contributed by atoms with Gasteiger partial charge in [-0.2, -0.15) is 5.26 Å². The maximum atomic E-state index is 15.1. The largest absolute Gasteiger partial charge is 0.755 e. The Morgan fingerprint density at radius 2 is 2.15 bits per heavy atom. The number of hydrogen-bond donors (Lipinski definition) is 2. The average molecular weight is 469 g/mol. The van der Waals surface area contributed by atoms with Crippen molar-refractivity contribution in [1.82, 2.24) is 9.97 Å². The summed E-state index contributed by atoms with van der Waals surface area (Å²) in [5.74, 6) is -0.427. The van der Waals surface area contributed by atoms with E-state index in [1.54, 1.807) is 38.2 Å². The molecular weight excluding hydrogens is 445 g/mol. The quantitative estimate of drug-likeness (QED) is 0.478. The number of halogens is 1. The lowest BCUT2D eigenvalue weighted by atomic mass is 9.91. The molecule has 1 aliphatic rings. The van der Waals surface area contributed by atoms with Crippen molar-refractivity contribution in [3.8, 4) is 17.2 Å². The number of rotatable bonds is 8. The van der Waals surface area contributed by atoms with Gasteiger partial charge in [0.1, 0.15) is 17.3 Å². The predicted octanol–water partition coefficient (Wildman–Crippen LogP) is 4.26. The maximum Gasteiger partial charge on any atom is 0.228 e. The second-order valence-corrected chi connectivity index (χ2v) is 9.66. The number of aromatic nitrogens is 2. The van der Waals surface area contributed by atoms with Crippen LogP contribution in [0, 0.1) is 28.5 Å². The summed E-state index contributed by atoms with van der Waals surface area (Å²) in [6.07, 6.45) is 3.67. The zero-order valence-electron chi connectivity index (χ0n) is 18.2.